The van der Waals surface area contributed by atoms with Gasteiger partial charge < -0.3 is 10.6 Å². The lowest BCUT2D eigenvalue weighted by atomic mass is 10.2. The Morgan fingerprint density at radius 2 is 1.90 bits per heavy atom. The van der Waals surface area contributed by atoms with Crippen LogP contribution in [0.5, 0.6) is 0 Å². The van der Waals surface area contributed by atoms with Gasteiger partial charge in [0.2, 0.25) is 0 Å². The van der Waals surface area contributed by atoms with Gasteiger partial charge in [-0.15, -0.1) is 0 Å². The Morgan fingerprint density at radius 3 is 2.43 bits per heavy atom. The second-order valence-corrected chi connectivity index (χ2v) is 4.93. The molecule has 0 aliphatic heterocycles. The van der Waals surface area contributed by atoms with Gasteiger partial charge in [0.1, 0.15) is 17.2 Å². The number of nitrogens with one attached hydrogen (secondary N) is 2. The predicted octanol–water partition coefficient (Wildman–Crippen LogP) is 3.20. The summed E-state index contributed by atoms with van der Waals surface area (Å²) in [5.74, 6) is -2.00. The Bertz CT molecular complexity index is 641. The van der Waals surface area contributed by atoms with E-state index in [9.17, 15) is 13.6 Å². The molecule has 0 unspecified atom stereocenters. The number of hydrogen-bond donors (Lipinski definition) is 2. The molecular formula is C13H11BrF2N4O. The fourth-order valence-electron chi connectivity index (χ4n) is 1.56. The highest BCUT2D eigenvalue weighted by atomic mass is 79.9. The number of halogens is 3. The van der Waals surface area contributed by atoms with Crippen molar-refractivity contribution in [2.75, 3.05) is 17.2 Å². The highest BCUT2D eigenvalue weighted by Crippen LogP contribution is 2.24. The number of carbonyl (C=O) groups excluding carboxylic acids is 1. The van der Waals surface area contributed by atoms with E-state index in [1.807, 2.05) is 6.92 Å². The third-order valence-electron chi connectivity index (χ3n) is 2.49. The van der Waals surface area contributed by atoms with Crippen LogP contribution in [0, 0.1) is 11.6 Å². The number of amides is 1. The van der Waals surface area contributed by atoms with Crippen LogP contribution in [0.15, 0.2) is 29.0 Å². The van der Waals surface area contributed by atoms with E-state index in [1.165, 1.54) is 12.4 Å². The van der Waals surface area contributed by atoms with E-state index < -0.39 is 23.2 Å². The minimum atomic E-state index is -0.882. The number of hydrogen-bond acceptors (Lipinski definition) is 4. The minimum absolute atomic E-state index is 0.0432. The van der Waals surface area contributed by atoms with Gasteiger partial charge in [-0.05, 0) is 19.1 Å². The molecule has 0 saturated carbocycles. The SMILES string of the molecule is CCNc1cnc(C(=O)Nc2c(F)cc(Br)cc2F)cn1. The van der Waals surface area contributed by atoms with E-state index in [1.54, 1.807) is 0 Å². The Morgan fingerprint density at radius 1 is 1.24 bits per heavy atom. The van der Waals surface area contributed by atoms with Crippen molar-refractivity contribution in [1.29, 1.82) is 0 Å². The van der Waals surface area contributed by atoms with Crippen LogP contribution in [0.3, 0.4) is 0 Å². The quantitative estimate of drug-likeness (QED) is 0.882. The summed E-state index contributed by atoms with van der Waals surface area (Å²) in [6, 6.07) is 2.11. The van der Waals surface area contributed by atoms with E-state index in [0.29, 0.717) is 12.4 Å². The van der Waals surface area contributed by atoms with Gasteiger partial charge in [0.25, 0.3) is 5.91 Å². The van der Waals surface area contributed by atoms with Crippen molar-refractivity contribution >= 4 is 33.3 Å². The topological polar surface area (TPSA) is 66.9 Å². The van der Waals surface area contributed by atoms with Crippen molar-refractivity contribution in [3.63, 3.8) is 0 Å². The highest BCUT2D eigenvalue weighted by Gasteiger charge is 2.15. The van der Waals surface area contributed by atoms with Gasteiger partial charge in [0, 0.05) is 11.0 Å². The van der Waals surface area contributed by atoms with Crippen LogP contribution in [0.25, 0.3) is 0 Å². The zero-order chi connectivity index (χ0) is 15.4. The molecular weight excluding hydrogens is 346 g/mol. The van der Waals surface area contributed by atoms with Crippen molar-refractivity contribution < 1.29 is 13.6 Å². The van der Waals surface area contributed by atoms with Gasteiger partial charge >= 0.3 is 0 Å². The standard InChI is InChI=1S/C13H11BrF2N4O/c1-2-17-11-6-18-10(5-19-11)13(21)20-12-8(15)3-7(14)4-9(12)16/h3-6H,2H2,1H3,(H,17,19)(H,20,21). The molecule has 21 heavy (non-hydrogen) atoms. The molecule has 0 aliphatic carbocycles. The maximum absolute atomic E-state index is 13.6. The maximum atomic E-state index is 13.6. The molecule has 110 valence electrons. The van der Waals surface area contributed by atoms with Gasteiger partial charge in [-0.25, -0.2) is 18.7 Å². The molecule has 0 atom stereocenters. The first-order valence-electron chi connectivity index (χ1n) is 6.03. The molecule has 1 aromatic carbocycles. The van der Waals surface area contributed by atoms with Crippen LogP contribution >= 0.6 is 15.9 Å². The molecule has 2 aromatic rings. The summed E-state index contributed by atoms with van der Waals surface area (Å²) in [5, 5.41) is 5.06. The second-order valence-electron chi connectivity index (χ2n) is 4.02. The molecule has 1 amide bonds. The highest BCUT2D eigenvalue weighted by molar-refractivity contribution is 9.10. The van der Waals surface area contributed by atoms with Crippen LogP contribution in [-0.2, 0) is 0 Å². The first-order chi connectivity index (χ1) is 10.0. The van der Waals surface area contributed by atoms with Gasteiger partial charge in [-0.2, -0.15) is 0 Å². The van der Waals surface area contributed by atoms with E-state index in [2.05, 4.69) is 36.5 Å². The van der Waals surface area contributed by atoms with Gasteiger partial charge in [0.05, 0.1) is 12.4 Å². The number of rotatable bonds is 4. The lowest BCUT2D eigenvalue weighted by Crippen LogP contribution is -2.16. The minimum Gasteiger partial charge on any atom is -0.369 e. The van der Waals surface area contributed by atoms with Crippen LogP contribution in [0.1, 0.15) is 17.4 Å². The van der Waals surface area contributed by atoms with Crippen molar-refractivity contribution in [2.45, 2.75) is 6.92 Å². The predicted molar refractivity (Wildman–Crippen MR) is 78.2 cm³/mol. The Balaban J connectivity index is 2.18. The molecule has 0 saturated heterocycles. The van der Waals surface area contributed by atoms with E-state index in [-0.39, 0.29) is 10.2 Å². The molecule has 0 bridgehead atoms. The molecule has 5 nitrogen and oxygen atoms in total. The molecule has 1 heterocycles. The molecule has 0 radical (unpaired) electrons. The summed E-state index contributed by atoms with van der Waals surface area (Å²) in [6.07, 6.45) is 2.59. The largest absolute Gasteiger partial charge is 0.369 e. The summed E-state index contributed by atoms with van der Waals surface area (Å²) in [5.41, 5.74) is -0.570. The summed E-state index contributed by atoms with van der Waals surface area (Å²) >= 11 is 2.96. The first-order valence-corrected chi connectivity index (χ1v) is 6.82. The summed E-state index contributed by atoms with van der Waals surface area (Å²) in [4.78, 5) is 19.7. The van der Waals surface area contributed by atoms with Crippen molar-refractivity contribution in [3.05, 3.63) is 46.3 Å². The molecule has 2 N–H and O–H groups in total. The first kappa shape index (κ1) is 15.3. The van der Waals surface area contributed by atoms with E-state index in [4.69, 9.17) is 0 Å². The number of nitrogens with zero attached hydrogens (tertiary/aromatic N) is 2. The lowest BCUT2D eigenvalue weighted by molar-refractivity contribution is 0.102. The van der Waals surface area contributed by atoms with Gasteiger partial charge in [-0.3, -0.25) is 4.79 Å². The molecule has 0 fully saturated rings. The summed E-state index contributed by atoms with van der Waals surface area (Å²) in [7, 11) is 0. The number of aromatic nitrogens is 2. The van der Waals surface area contributed by atoms with Crippen molar-refractivity contribution in [1.82, 2.24) is 9.97 Å². The van der Waals surface area contributed by atoms with E-state index >= 15 is 0 Å². The fourth-order valence-corrected chi connectivity index (χ4v) is 1.96. The number of anilines is 2. The number of benzene rings is 1. The zero-order valence-electron chi connectivity index (χ0n) is 11.0. The summed E-state index contributed by atoms with van der Waals surface area (Å²) in [6.45, 7) is 2.55. The molecule has 2 rings (SSSR count). The van der Waals surface area contributed by atoms with Crippen LogP contribution in [-0.4, -0.2) is 22.4 Å². The van der Waals surface area contributed by atoms with Crippen LogP contribution < -0.4 is 10.6 Å². The molecule has 1 aromatic heterocycles. The molecule has 0 spiro atoms. The lowest BCUT2D eigenvalue weighted by Gasteiger charge is -2.08. The summed E-state index contributed by atoms with van der Waals surface area (Å²) < 4.78 is 27.5. The molecule has 8 heteroatoms. The van der Waals surface area contributed by atoms with Crippen molar-refractivity contribution in [3.8, 4) is 0 Å². The number of carbonyl (C=O) groups is 1. The maximum Gasteiger partial charge on any atom is 0.276 e. The fraction of sp³-hybridized carbons (Fsp3) is 0.154. The van der Waals surface area contributed by atoms with Crippen LogP contribution in [0.4, 0.5) is 20.3 Å². The monoisotopic (exact) mass is 356 g/mol. The average Bonchev–Trinajstić information content (AvgIpc) is 2.43. The normalized spacial score (nSPS) is 10.3. The van der Waals surface area contributed by atoms with Crippen molar-refractivity contribution in [2.24, 2.45) is 0 Å². The third kappa shape index (κ3) is 3.72. The second kappa shape index (κ2) is 6.57. The molecule has 0 aliphatic rings. The van der Waals surface area contributed by atoms with Crippen LogP contribution in [0.2, 0.25) is 0 Å². The Hall–Kier alpha value is -2.09. The zero-order valence-corrected chi connectivity index (χ0v) is 12.5. The van der Waals surface area contributed by atoms with E-state index in [0.717, 1.165) is 12.1 Å². The smallest absolute Gasteiger partial charge is 0.276 e. The van der Waals surface area contributed by atoms with Gasteiger partial charge in [-0.1, -0.05) is 15.9 Å². The van der Waals surface area contributed by atoms with Gasteiger partial charge in [0.15, 0.2) is 11.6 Å². The Kier molecular flexibility index (Phi) is 4.79. The average molecular weight is 357 g/mol. The third-order valence-corrected chi connectivity index (χ3v) is 2.95. The Labute approximate surface area is 127 Å².